The van der Waals surface area contributed by atoms with Crippen molar-refractivity contribution in [2.24, 2.45) is 0 Å². The van der Waals surface area contributed by atoms with Crippen LogP contribution >= 0.6 is 0 Å². The van der Waals surface area contributed by atoms with Gasteiger partial charge in [-0.2, -0.15) is 0 Å². The van der Waals surface area contributed by atoms with Crippen molar-refractivity contribution >= 4 is 11.0 Å². The maximum absolute atomic E-state index is 13.6. The van der Waals surface area contributed by atoms with Crippen LogP contribution in [0.5, 0.6) is 23.0 Å². The maximum Gasteiger partial charge on any atom is 0.200 e. The molecule has 0 bridgehead atoms. The van der Waals surface area contributed by atoms with Crippen molar-refractivity contribution in [2.45, 2.75) is 52.6 Å². The van der Waals surface area contributed by atoms with Crippen LogP contribution in [-0.2, 0) is 11.8 Å². The molecule has 3 N–H and O–H groups in total. The predicted molar refractivity (Wildman–Crippen MR) is 119 cm³/mol. The van der Waals surface area contributed by atoms with E-state index in [-0.39, 0.29) is 57.5 Å². The minimum Gasteiger partial charge on any atom is -0.508 e. The number of benzene rings is 2. The second-order valence-corrected chi connectivity index (χ2v) is 8.88. The van der Waals surface area contributed by atoms with Gasteiger partial charge in [0.05, 0.1) is 5.56 Å². The van der Waals surface area contributed by atoms with Gasteiger partial charge in [-0.05, 0) is 39.3 Å². The number of ether oxygens (including phenoxy) is 1. The standard InChI is InChI=1S/C25H26O6/c1-12(2)6-8-16-22(29)20-18(28)11-19-21(25(4,5)13(3)30-19)24(20)31-23(16)15-9-7-14(26)10-17(15)27/h6-7,9-11,13,26-28H,8H2,1-5H3/t13-/m1/s1. The van der Waals surface area contributed by atoms with E-state index < -0.39 is 5.41 Å². The first-order chi connectivity index (χ1) is 14.5. The number of fused-ring (bicyclic) bond motifs is 3. The van der Waals surface area contributed by atoms with E-state index in [9.17, 15) is 20.1 Å². The van der Waals surface area contributed by atoms with E-state index >= 15 is 0 Å². The molecule has 1 aromatic heterocycles. The zero-order chi connectivity index (χ0) is 22.7. The van der Waals surface area contributed by atoms with Gasteiger partial charge in [0.15, 0.2) is 0 Å². The molecule has 1 aliphatic heterocycles. The number of phenolic OH excluding ortho intramolecular Hbond substituents is 3. The van der Waals surface area contributed by atoms with Crippen LogP contribution in [0, 0.1) is 0 Å². The van der Waals surface area contributed by atoms with Crippen LogP contribution in [0.15, 0.2) is 45.1 Å². The molecule has 0 fully saturated rings. The van der Waals surface area contributed by atoms with Crippen molar-refractivity contribution in [3.05, 3.63) is 57.3 Å². The summed E-state index contributed by atoms with van der Waals surface area (Å²) in [5.41, 5.74) is 1.74. The molecule has 2 aromatic carbocycles. The zero-order valence-electron chi connectivity index (χ0n) is 18.2. The fourth-order valence-electron chi connectivity index (χ4n) is 4.03. The van der Waals surface area contributed by atoms with Gasteiger partial charge in [-0.1, -0.05) is 25.5 Å². The summed E-state index contributed by atoms with van der Waals surface area (Å²) < 4.78 is 12.2. The molecular formula is C25H26O6. The van der Waals surface area contributed by atoms with Crippen molar-refractivity contribution in [1.82, 2.24) is 0 Å². The summed E-state index contributed by atoms with van der Waals surface area (Å²) in [7, 11) is 0. The average molecular weight is 422 g/mol. The zero-order valence-corrected chi connectivity index (χ0v) is 18.2. The highest BCUT2D eigenvalue weighted by Gasteiger charge is 2.42. The fraction of sp³-hybridized carbons (Fsp3) is 0.320. The monoisotopic (exact) mass is 422 g/mol. The second-order valence-electron chi connectivity index (χ2n) is 8.88. The molecule has 162 valence electrons. The molecule has 0 unspecified atom stereocenters. The number of hydrogen-bond donors (Lipinski definition) is 3. The quantitative estimate of drug-likeness (QED) is 0.505. The highest BCUT2D eigenvalue weighted by Crippen LogP contribution is 2.49. The molecule has 1 atom stereocenters. The van der Waals surface area contributed by atoms with Crippen molar-refractivity contribution in [2.75, 3.05) is 0 Å². The summed E-state index contributed by atoms with van der Waals surface area (Å²) in [5.74, 6) is 0.172. The molecule has 31 heavy (non-hydrogen) atoms. The van der Waals surface area contributed by atoms with Crippen LogP contribution in [0.2, 0.25) is 0 Å². The van der Waals surface area contributed by atoms with Crippen molar-refractivity contribution < 1.29 is 24.5 Å². The van der Waals surface area contributed by atoms with Gasteiger partial charge in [-0.3, -0.25) is 4.79 Å². The number of phenols is 3. The Hall–Kier alpha value is -3.41. The molecule has 0 amide bonds. The first kappa shape index (κ1) is 20.8. The fourth-order valence-corrected chi connectivity index (χ4v) is 4.03. The van der Waals surface area contributed by atoms with Crippen LogP contribution in [0.3, 0.4) is 0 Å². The molecule has 4 rings (SSSR count). The molecular weight excluding hydrogens is 396 g/mol. The van der Waals surface area contributed by atoms with E-state index in [1.54, 1.807) is 0 Å². The Morgan fingerprint density at radius 2 is 1.84 bits per heavy atom. The van der Waals surface area contributed by atoms with Gasteiger partial charge >= 0.3 is 0 Å². The van der Waals surface area contributed by atoms with Crippen LogP contribution in [0.25, 0.3) is 22.3 Å². The molecule has 0 radical (unpaired) electrons. The number of aromatic hydroxyl groups is 3. The minimum absolute atomic E-state index is 0.0999. The van der Waals surface area contributed by atoms with E-state index in [1.165, 1.54) is 24.3 Å². The lowest BCUT2D eigenvalue weighted by Gasteiger charge is -2.23. The Balaban J connectivity index is 2.15. The predicted octanol–water partition coefficient (Wildman–Crippen LogP) is 5.14. The molecule has 0 saturated carbocycles. The summed E-state index contributed by atoms with van der Waals surface area (Å²) in [6.07, 6.45) is 1.97. The molecule has 3 aromatic rings. The van der Waals surface area contributed by atoms with E-state index in [4.69, 9.17) is 9.15 Å². The summed E-state index contributed by atoms with van der Waals surface area (Å²) in [6.45, 7) is 9.76. The van der Waals surface area contributed by atoms with Gasteiger partial charge in [0.2, 0.25) is 5.43 Å². The van der Waals surface area contributed by atoms with Crippen LogP contribution in [0.4, 0.5) is 0 Å². The lowest BCUT2D eigenvalue weighted by molar-refractivity contribution is 0.185. The second kappa shape index (κ2) is 7.08. The third kappa shape index (κ3) is 3.23. The van der Waals surface area contributed by atoms with Gasteiger partial charge in [-0.25, -0.2) is 0 Å². The van der Waals surface area contributed by atoms with Crippen molar-refractivity contribution in [1.29, 1.82) is 0 Å². The minimum atomic E-state index is -0.465. The lowest BCUT2D eigenvalue weighted by atomic mass is 9.80. The van der Waals surface area contributed by atoms with E-state index in [2.05, 4.69) is 0 Å². The highest BCUT2D eigenvalue weighted by atomic mass is 16.5. The number of allylic oxidation sites excluding steroid dienone is 2. The Kier molecular flexibility index (Phi) is 4.76. The van der Waals surface area contributed by atoms with Gasteiger partial charge in [-0.15, -0.1) is 0 Å². The first-order valence-electron chi connectivity index (χ1n) is 10.2. The van der Waals surface area contributed by atoms with E-state index in [0.717, 1.165) is 5.57 Å². The van der Waals surface area contributed by atoms with Crippen LogP contribution in [0.1, 0.15) is 45.7 Å². The largest absolute Gasteiger partial charge is 0.508 e. The summed E-state index contributed by atoms with van der Waals surface area (Å²) in [5, 5.41) is 31.0. The third-order valence-electron chi connectivity index (χ3n) is 6.11. The Morgan fingerprint density at radius 3 is 2.48 bits per heavy atom. The van der Waals surface area contributed by atoms with E-state index in [0.29, 0.717) is 16.9 Å². The van der Waals surface area contributed by atoms with Gasteiger partial charge in [0.1, 0.15) is 45.8 Å². The van der Waals surface area contributed by atoms with Crippen molar-refractivity contribution in [3.63, 3.8) is 0 Å². The Labute approximate surface area is 180 Å². The molecule has 2 heterocycles. The van der Waals surface area contributed by atoms with Gasteiger partial charge < -0.3 is 24.5 Å². The summed E-state index contributed by atoms with van der Waals surface area (Å²) >= 11 is 0. The summed E-state index contributed by atoms with van der Waals surface area (Å²) in [6, 6.07) is 5.61. The third-order valence-corrected chi connectivity index (χ3v) is 6.11. The average Bonchev–Trinajstić information content (AvgIpc) is 2.88. The molecule has 0 spiro atoms. The molecule has 6 nitrogen and oxygen atoms in total. The van der Waals surface area contributed by atoms with E-state index in [1.807, 2.05) is 40.7 Å². The number of rotatable bonds is 3. The smallest absolute Gasteiger partial charge is 0.200 e. The first-order valence-corrected chi connectivity index (χ1v) is 10.2. The molecule has 6 heteroatoms. The number of hydrogen-bond acceptors (Lipinski definition) is 6. The molecule has 0 aliphatic carbocycles. The van der Waals surface area contributed by atoms with Gasteiger partial charge in [0, 0.05) is 28.7 Å². The maximum atomic E-state index is 13.6. The van der Waals surface area contributed by atoms with Crippen molar-refractivity contribution in [3.8, 4) is 34.3 Å². The Bertz CT molecular complexity index is 1290. The normalized spacial score (nSPS) is 16.7. The summed E-state index contributed by atoms with van der Waals surface area (Å²) in [4.78, 5) is 13.6. The molecule has 0 saturated heterocycles. The molecule has 1 aliphatic rings. The van der Waals surface area contributed by atoms with Gasteiger partial charge in [0.25, 0.3) is 0 Å². The SMILES string of the molecule is CC(C)=CCc1c(-c2ccc(O)cc2O)oc2c3c(cc(O)c2c1=O)O[C@H](C)C3(C)C. The highest BCUT2D eigenvalue weighted by molar-refractivity contribution is 5.92. The topological polar surface area (TPSA) is 100 Å². The lowest BCUT2D eigenvalue weighted by Crippen LogP contribution is -2.29. The van der Waals surface area contributed by atoms with Crippen LogP contribution in [-0.4, -0.2) is 21.4 Å². The Morgan fingerprint density at radius 1 is 1.13 bits per heavy atom. The van der Waals surface area contributed by atoms with Crippen LogP contribution < -0.4 is 10.2 Å².